The number of likely N-dealkylation sites (tertiary alicyclic amines) is 1. The van der Waals surface area contributed by atoms with Crippen LogP contribution in [0, 0.1) is 0 Å². The van der Waals surface area contributed by atoms with E-state index in [0.29, 0.717) is 6.10 Å². The average molecular weight is 215 g/mol. The second-order valence-corrected chi connectivity index (χ2v) is 5.34. The number of ether oxygens (including phenoxy) is 1. The molecule has 16 heavy (non-hydrogen) atoms. The van der Waals surface area contributed by atoms with Crippen LogP contribution in [0.1, 0.15) is 24.8 Å². The molecule has 1 aromatic carbocycles. The summed E-state index contributed by atoms with van der Waals surface area (Å²) in [5.74, 6) is 0. The van der Waals surface area contributed by atoms with E-state index >= 15 is 0 Å². The highest BCUT2D eigenvalue weighted by molar-refractivity contribution is 5.30. The molecule has 0 unspecified atom stereocenters. The Balaban J connectivity index is 1.55. The first kappa shape index (κ1) is 9.20. The Labute approximate surface area is 96.2 Å². The molecule has 0 spiro atoms. The minimum Gasteiger partial charge on any atom is -0.360 e. The summed E-state index contributed by atoms with van der Waals surface area (Å²) >= 11 is 0. The summed E-state index contributed by atoms with van der Waals surface area (Å²) in [5.41, 5.74) is 1.47. The van der Waals surface area contributed by atoms with Crippen LogP contribution in [0.3, 0.4) is 0 Å². The van der Waals surface area contributed by atoms with E-state index in [0.717, 1.165) is 12.6 Å². The monoisotopic (exact) mass is 215 g/mol. The van der Waals surface area contributed by atoms with Crippen LogP contribution in [0.15, 0.2) is 30.3 Å². The minimum absolute atomic E-state index is 0.0899. The molecule has 2 atom stereocenters. The molecule has 0 amide bonds. The van der Waals surface area contributed by atoms with E-state index in [2.05, 4.69) is 35.2 Å². The lowest BCUT2D eigenvalue weighted by molar-refractivity contribution is 0.216. The summed E-state index contributed by atoms with van der Waals surface area (Å²) in [6.07, 6.45) is 4.46. The summed E-state index contributed by atoms with van der Waals surface area (Å²) in [5, 5.41) is 0. The molecule has 3 fully saturated rings. The normalized spacial score (nSPS) is 38.1. The zero-order valence-corrected chi connectivity index (χ0v) is 9.43. The standard InChI is InChI=1S/C14H17NO/c1-2-4-11(5-3-1)14-8-9-15(12-6-7-12)10-13(14)16-14/h1-5,12-13H,6-10H2/t13-,14+/m1/s1. The molecule has 1 aromatic rings. The van der Waals surface area contributed by atoms with Crippen LogP contribution in [0.25, 0.3) is 0 Å². The number of hydrogen-bond donors (Lipinski definition) is 0. The predicted molar refractivity (Wildman–Crippen MR) is 62.2 cm³/mol. The molecule has 0 aromatic heterocycles. The van der Waals surface area contributed by atoms with E-state index in [9.17, 15) is 0 Å². The van der Waals surface area contributed by atoms with Gasteiger partial charge in [-0.15, -0.1) is 0 Å². The maximum absolute atomic E-state index is 6.02. The van der Waals surface area contributed by atoms with Crippen molar-refractivity contribution in [2.24, 2.45) is 0 Å². The van der Waals surface area contributed by atoms with Crippen LogP contribution < -0.4 is 0 Å². The Morgan fingerprint density at radius 2 is 2.00 bits per heavy atom. The van der Waals surface area contributed by atoms with Crippen LogP contribution >= 0.6 is 0 Å². The van der Waals surface area contributed by atoms with Gasteiger partial charge in [-0.1, -0.05) is 30.3 Å². The Bertz CT molecular complexity index is 400. The van der Waals surface area contributed by atoms with Gasteiger partial charge in [-0.3, -0.25) is 4.90 Å². The van der Waals surface area contributed by atoms with Crippen LogP contribution in [-0.4, -0.2) is 30.1 Å². The van der Waals surface area contributed by atoms with Gasteiger partial charge in [-0.05, 0) is 24.8 Å². The fourth-order valence-electron chi connectivity index (χ4n) is 3.13. The number of benzene rings is 1. The molecule has 0 radical (unpaired) electrons. The maximum Gasteiger partial charge on any atom is 0.122 e. The number of piperidine rings is 1. The number of fused-ring (bicyclic) bond motifs is 1. The van der Waals surface area contributed by atoms with E-state index < -0.39 is 0 Å². The highest BCUT2D eigenvalue weighted by atomic mass is 16.6. The van der Waals surface area contributed by atoms with Gasteiger partial charge in [-0.2, -0.15) is 0 Å². The quantitative estimate of drug-likeness (QED) is 0.703. The van der Waals surface area contributed by atoms with E-state index in [1.165, 1.54) is 31.4 Å². The van der Waals surface area contributed by atoms with Crippen molar-refractivity contribution < 1.29 is 4.74 Å². The van der Waals surface area contributed by atoms with Gasteiger partial charge in [0, 0.05) is 19.1 Å². The summed E-state index contributed by atoms with van der Waals surface area (Å²) in [4.78, 5) is 2.62. The SMILES string of the molecule is c1ccc([C@@]23CCN(C4CC4)C[C@H]2O3)cc1. The van der Waals surface area contributed by atoms with Crippen molar-refractivity contribution in [3.63, 3.8) is 0 Å². The van der Waals surface area contributed by atoms with E-state index in [1.54, 1.807) is 0 Å². The van der Waals surface area contributed by atoms with Crippen LogP contribution in [0.2, 0.25) is 0 Å². The first-order valence-corrected chi connectivity index (χ1v) is 6.36. The molecule has 4 rings (SSSR count). The Morgan fingerprint density at radius 1 is 1.19 bits per heavy atom. The lowest BCUT2D eigenvalue weighted by atomic mass is 9.89. The molecule has 2 heteroatoms. The number of epoxide rings is 1. The third-order valence-electron chi connectivity index (χ3n) is 4.31. The van der Waals surface area contributed by atoms with Crippen molar-refractivity contribution in [2.45, 2.75) is 37.0 Å². The third-order valence-corrected chi connectivity index (χ3v) is 4.31. The van der Waals surface area contributed by atoms with Crippen molar-refractivity contribution in [2.75, 3.05) is 13.1 Å². The third kappa shape index (κ3) is 1.26. The smallest absolute Gasteiger partial charge is 0.122 e. The van der Waals surface area contributed by atoms with Gasteiger partial charge in [0.25, 0.3) is 0 Å². The summed E-state index contributed by atoms with van der Waals surface area (Å²) in [6, 6.07) is 11.6. The number of nitrogens with zero attached hydrogens (tertiary/aromatic N) is 1. The van der Waals surface area contributed by atoms with Gasteiger partial charge in [0.1, 0.15) is 11.7 Å². The molecule has 2 nitrogen and oxygen atoms in total. The molecule has 2 aliphatic heterocycles. The predicted octanol–water partition coefficient (Wildman–Crippen LogP) is 2.15. The lowest BCUT2D eigenvalue weighted by Crippen LogP contribution is -2.39. The largest absolute Gasteiger partial charge is 0.360 e. The van der Waals surface area contributed by atoms with Crippen molar-refractivity contribution in [3.8, 4) is 0 Å². The Hall–Kier alpha value is -0.860. The molecule has 0 N–H and O–H groups in total. The van der Waals surface area contributed by atoms with Gasteiger partial charge in [0.15, 0.2) is 0 Å². The highest BCUT2D eigenvalue weighted by Crippen LogP contribution is 2.52. The van der Waals surface area contributed by atoms with Gasteiger partial charge in [0.2, 0.25) is 0 Å². The summed E-state index contributed by atoms with van der Waals surface area (Å²) < 4.78 is 6.02. The van der Waals surface area contributed by atoms with Crippen LogP contribution in [0.5, 0.6) is 0 Å². The zero-order valence-electron chi connectivity index (χ0n) is 9.43. The highest BCUT2D eigenvalue weighted by Gasteiger charge is 2.60. The van der Waals surface area contributed by atoms with Gasteiger partial charge in [0.05, 0.1) is 0 Å². The first-order valence-electron chi connectivity index (χ1n) is 6.36. The van der Waals surface area contributed by atoms with Gasteiger partial charge in [-0.25, -0.2) is 0 Å². The minimum atomic E-state index is 0.0899. The van der Waals surface area contributed by atoms with E-state index in [-0.39, 0.29) is 5.60 Å². The molecule has 84 valence electrons. The summed E-state index contributed by atoms with van der Waals surface area (Å²) in [6.45, 7) is 2.37. The van der Waals surface area contributed by atoms with Crippen molar-refractivity contribution in [1.29, 1.82) is 0 Å². The average Bonchev–Trinajstić information content (AvgIpc) is 3.22. The van der Waals surface area contributed by atoms with E-state index in [4.69, 9.17) is 4.74 Å². The number of hydrogen-bond acceptors (Lipinski definition) is 2. The zero-order chi connectivity index (χ0) is 10.6. The van der Waals surface area contributed by atoms with Crippen LogP contribution in [0.4, 0.5) is 0 Å². The molecule has 1 saturated carbocycles. The van der Waals surface area contributed by atoms with Crippen molar-refractivity contribution >= 4 is 0 Å². The summed E-state index contributed by atoms with van der Waals surface area (Å²) in [7, 11) is 0. The topological polar surface area (TPSA) is 15.8 Å². The fourth-order valence-corrected chi connectivity index (χ4v) is 3.13. The van der Waals surface area contributed by atoms with Gasteiger partial charge >= 0.3 is 0 Å². The van der Waals surface area contributed by atoms with Crippen molar-refractivity contribution in [1.82, 2.24) is 4.90 Å². The Morgan fingerprint density at radius 3 is 2.69 bits per heavy atom. The molecule has 3 aliphatic rings. The molecule has 2 heterocycles. The lowest BCUT2D eigenvalue weighted by Gasteiger charge is -2.28. The van der Waals surface area contributed by atoms with Crippen LogP contribution in [-0.2, 0) is 10.3 Å². The Kier molecular flexibility index (Phi) is 1.77. The molecule has 0 bridgehead atoms. The van der Waals surface area contributed by atoms with E-state index in [1.807, 2.05) is 0 Å². The van der Waals surface area contributed by atoms with Gasteiger partial charge < -0.3 is 4.74 Å². The molecular formula is C14H17NO. The molecular weight excluding hydrogens is 198 g/mol. The fraction of sp³-hybridized carbons (Fsp3) is 0.571. The second kappa shape index (κ2) is 3.08. The van der Waals surface area contributed by atoms with Crippen molar-refractivity contribution in [3.05, 3.63) is 35.9 Å². The molecule has 1 aliphatic carbocycles. The maximum atomic E-state index is 6.02. The first-order chi connectivity index (χ1) is 7.88. The second-order valence-electron chi connectivity index (χ2n) is 5.34. The number of rotatable bonds is 2. The molecule has 2 saturated heterocycles.